The van der Waals surface area contributed by atoms with Crippen LogP contribution in [-0.2, 0) is 0 Å². The lowest BCUT2D eigenvalue weighted by molar-refractivity contribution is 0.101. The minimum Gasteiger partial charge on any atom is -0.494 e. The maximum absolute atomic E-state index is 11.4. The molecule has 0 N–H and O–H groups in total. The second-order valence-electron chi connectivity index (χ2n) is 6.73. The Morgan fingerprint density at radius 1 is 0.815 bits per heavy atom. The number of thiophene rings is 1. The van der Waals surface area contributed by atoms with Crippen molar-refractivity contribution in [3.8, 4) is 26.6 Å². The first kappa shape index (κ1) is 19.4. The summed E-state index contributed by atoms with van der Waals surface area (Å²) in [6.07, 6.45) is 4.88. The van der Waals surface area contributed by atoms with Gasteiger partial charge < -0.3 is 4.74 Å². The fourth-order valence-electron chi connectivity index (χ4n) is 2.95. The highest BCUT2D eigenvalue weighted by molar-refractivity contribution is 7.18. The summed E-state index contributed by atoms with van der Waals surface area (Å²) in [4.78, 5) is 13.9. The van der Waals surface area contributed by atoms with E-state index in [0.717, 1.165) is 29.9 Å². The molecule has 3 aromatic rings. The molecule has 0 saturated heterocycles. The minimum atomic E-state index is 0.0982. The lowest BCUT2D eigenvalue weighted by Gasteiger charge is -2.06. The lowest BCUT2D eigenvalue weighted by Crippen LogP contribution is -1.96. The average Bonchev–Trinajstić information content (AvgIpc) is 3.18. The minimum absolute atomic E-state index is 0.0982. The van der Waals surface area contributed by atoms with Crippen LogP contribution in [0.4, 0.5) is 0 Å². The molecule has 140 valence electrons. The number of ketones is 1. The molecule has 0 aliphatic rings. The molecule has 3 heteroatoms. The van der Waals surface area contributed by atoms with Gasteiger partial charge in [0.25, 0.3) is 0 Å². The van der Waals surface area contributed by atoms with E-state index in [1.807, 2.05) is 24.3 Å². The Kier molecular flexibility index (Phi) is 6.83. The van der Waals surface area contributed by atoms with Crippen molar-refractivity contribution in [3.05, 3.63) is 66.2 Å². The maximum atomic E-state index is 11.4. The summed E-state index contributed by atoms with van der Waals surface area (Å²) in [5, 5.41) is 0. The Morgan fingerprint density at radius 3 is 1.96 bits per heavy atom. The van der Waals surface area contributed by atoms with Crippen molar-refractivity contribution in [2.45, 2.75) is 39.5 Å². The third-order valence-electron chi connectivity index (χ3n) is 4.59. The van der Waals surface area contributed by atoms with Crippen molar-refractivity contribution in [3.63, 3.8) is 0 Å². The molecule has 0 bridgehead atoms. The number of carbonyl (C=O) groups is 1. The van der Waals surface area contributed by atoms with Gasteiger partial charge in [0.2, 0.25) is 0 Å². The molecule has 0 radical (unpaired) electrons. The van der Waals surface area contributed by atoms with E-state index in [2.05, 4.69) is 43.3 Å². The van der Waals surface area contributed by atoms with E-state index >= 15 is 0 Å². The predicted octanol–water partition coefficient (Wildman–Crippen LogP) is 7.24. The first-order valence-electron chi connectivity index (χ1n) is 9.62. The van der Waals surface area contributed by atoms with Crippen LogP contribution in [0.25, 0.3) is 20.9 Å². The fraction of sp³-hybridized carbons (Fsp3) is 0.292. The topological polar surface area (TPSA) is 26.3 Å². The van der Waals surface area contributed by atoms with E-state index in [1.165, 1.54) is 34.6 Å². The molecular formula is C24H26O2S. The summed E-state index contributed by atoms with van der Waals surface area (Å²) >= 11 is 1.76. The molecular weight excluding hydrogens is 352 g/mol. The third-order valence-corrected chi connectivity index (χ3v) is 5.77. The first-order chi connectivity index (χ1) is 13.2. The van der Waals surface area contributed by atoms with Gasteiger partial charge in [-0.2, -0.15) is 0 Å². The molecule has 0 unspecified atom stereocenters. The Bertz CT molecular complexity index is 860. The van der Waals surface area contributed by atoms with Crippen molar-refractivity contribution in [2.75, 3.05) is 6.61 Å². The average molecular weight is 379 g/mol. The Hall–Kier alpha value is -2.39. The highest BCUT2D eigenvalue weighted by Crippen LogP contribution is 2.35. The molecule has 1 aromatic heterocycles. The number of carbonyl (C=O) groups excluding carboxylic acids is 1. The zero-order valence-electron chi connectivity index (χ0n) is 16.0. The zero-order chi connectivity index (χ0) is 19.1. The molecule has 0 aliphatic carbocycles. The van der Waals surface area contributed by atoms with Crippen LogP contribution in [0.2, 0.25) is 0 Å². The van der Waals surface area contributed by atoms with Gasteiger partial charge in [0, 0.05) is 15.3 Å². The quantitative estimate of drug-likeness (QED) is 0.290. The van der Waals surface area contributed by atoms with Gasteiger partial charge in [-0.1, -0.05) is 50.5 Å². The third kappa shape index (κ3) is 5.30. The maximum Gasteiger partial charge on any atom is 0.159 e. The Morgan fingerprint density at radius 2 is 1.41 bits per heavy atom. The number of unbranched alkanes of at least 4 members (excludes halogenated alkanes) is 3. The van der Waals surface area contributed by atoms with Gasteiger partial charge in [-0.25, -0.2) is 0 Å². The molecule has 3 rings (SSSR count). The van der Waals surface area contributed by atoms with Crippen LogP contribution in [0.1, 0.15) is 49.9 Å². The fourth-order valence-corrected chi connectivity index (χ4v) is 3.97. The van der Waals surface area contributed by atoms with E-state index in [9.17, 15) is 4.79 Å². The van der Waals surface area contributed by atoms with E-state index in [-0.39, 0.29) is 5.78 Å². The summed E-state index contributed by atoms with van der Waals surface area (Å²) in [7, 11) is 0. The van der Waals surface area contributed by atoms with Crippen molar-refractivity contribution < 1.29 is 9.53 Å². The van der Waals surface area contributed by atoms with Gasteiger partial charge in [-0.15, -0.1) is 11.3 Å². The highest BCUT2D eigenvalue weighted by Gasteiger charge is 2.06. The van der Waals surface area contributed by atoms with Gasteiger partial charge in [0.15, 0.2) is 5.78 Å². The summed E-state index contributed by atoms with van der Waals surface area (Å²) in [5.41, 5.74) is 3.09. The second kappa shape index (κ2) is 9.52. The smallest absolute Gasteiger partial charge is 0.159 e. The van der Waals surface area contributed by atoms with E-state index in [4.69, 9.17) is 4.74 Å². The zero-order valence-corrected chi connectivity index (χ0v) is 16.9. The SMILES string of the molecule is CCCCCCOc1ccc(-c2ccc(-c3ccc(C(C)=O)cc3)s2)cc1. The molecule has 0 spiro atoms. The molecule has 27 heavy (non-hydrogen) atoms. The monoisotopic (exact) mass is 378 g/mol. The summed E-state index contributed by atoms with van der Waals surface area (Å²) < 4.78 is 5.82. The Labute approximate surface area is 165 Å². The van der Waals surface area contributed by atoms with Crippen LogP contribution in [-0.4, -0.2) is 12.4 Å². The number of benzene rings is 2. The van der Waals surface area contributed by atoms with Crippen LogP contribution in [0.5, 0.6) is 5.75 Å². The van der Waals surface area contributed by atoms with E-state index in [1.54, 1.807) is 18.3 Å². The van der Waals surface area contributed by atoms with Crippen molar-refractivity contribution in [1.82, 2.24) is 0 Å². The molecule has 2 nitrogen and oxygen atoms in total. The molecule has 0 aliphatic heterocycles. The summed E-state index contributed by atoms with van der Waals surface area (Å²) in [5.74, 6) is 1.04. The van der Waals surface area contributed by atoms with Gasteiger partial charge in [0.1, 0.15) is 5.75 Å². The van der Waals surface area contributed by atoms with Gasteiger partial charge in [-0.05, 0) is 60.9 Å². The summed E-state index contributed by atoms with van der Waals surface area (Å²) in [6, 6.07) is 20.5. The van der Waals surface area contributed by atoms with Gasteiger partial charge in [0.05, 0.1) is 6.61 Å². The van der Waals surface area contributed by atoms with Crippen LogP contribution in [0.15, 0.2) is 60.7 Å². The normalized spacial score (nSPS) is 10.7. The van der Waals surface area contributed by atoms with Gasteiger partial charge >= 0.3 is 0 Å². The van der Waals surface area contributed by atoms with E-state index < -0.39 is 0 Å². The predicted molar refractivity (Wildman–Crippen MR) is 115 cm³/mol. The molecule has 0 amide bonds. The number of hydrogen-bond acceptors (Lipinski definition) is 3. The van der Waals surface area contributed by atoms with Crippen molar-refractivity contribution >= 4 is 17.1 Å². The van der Waals surface area contributed by atoms with Crippen molar-refractivity contribution in [1.29, 1.82) is 0 Å². The number of hydrogen-bond donors (Lipinski definition) is 0. The molecule has 2 aromatic carbocycles. The van der Waals surface area contributed by atoms with Gasteiger partial charge in [-0.3, -0.25) is 4.79 Å². The summed E-state index contributed by atoms with van der Waals surface area (Å²) in [6.45, 7) is 4.60. The second-order valence-corrected chi connectivity index (χ2v) is 7.81. The van der Waals surface area contributed by atoms with Crippen molar-refractivity contribution in [2.24, 2.45) is 0 Å². The highest BCUT2D eigenvalue weighted by atomic mass is 32.1. The molecule has 0 saturated carbocycles. The molecule has 0 fully saturated rings. The number of Topliss-reactive ketones (excluding diaryl/α,β-unsaturated/α-hetero) is 1. The van der Waals surface area contributed by atoms with Crippen LogP contribution in [0.3, 0.4) is 0 Å². The molecule has 0 atom stereocenters. The standard InChI is InChI=1S/C24H26O2S/c1-3-4-5-6-17-26-22-13-11-21(12-14-22)24-16-15-23(27-24)20-9-7-19(8-10-20)18(2)25/h7-16H,3-6,17H2,1-2H3. The number of rotatable bonds is 9. The molecule has 1 heterocycles. The Balaban J connectivity index is 1.63. The largest absolute Gasteiger partial charge is 0.494 e. The lowest BCUT2D eigenvalue weighted by atomic mass is 10.1. The van der Waals surface area contributed by atoms with Crippen LogP contribution < -0.4 is 4.74 Å². The number of ether oxygens (including phenoxy) is 1. The van der Waals surface area contributed by atoms with Crippen LogP contribution in [0, 0.1) is 0 Å². The van der Waals surface area contributed by atoms with Crippen LogP contribution >= 0.6 is 11.3 Å². The van der Waals surface area contributed by atoms with E-state index in [0.29, 0.717) is 0 Å². The first-order valence-corrected chi connectivity index (χ1v) is 10.4.